The highest BCUT2D eigenvalue weighted by Crippen LogP contribution is 2.34. The number of carbonyl (C=O) groups is 1. The highest BCUT2D eigenvalue weighted by Gasteiger charge is 2.22. The molecule has 4 aromatic rings. The lowest BCUT2D eigenvalue weighted by Gasteiger charge is -2.08. The third-order valence-electron chi connectivity index (χ3n) is 5.54. The number of carboxylic acid groups (broad SMARTS) is 1. The number of aromatic hydroxyl groups is 1. The fourth-order valence-corrected chi connectivity index (χ4v) is 4.99. The molecule has 0 unspecified atom stereocenters. The molecule has 0 aliphatic rings. The zero-order valence-corrected chi connectivity index (χ0v) is 21.5. The fraction of sp³-hybridized carbons (Fsp3) is 0.0909. The molecule has 0 fully saturated rings. The van der Waals surface area contributed by atoms with Crippen molar-refractivity contribution >= 4 is 48.4 Å². The maximum Gasteiger partial charge on any atom is 0.356 e. The number of methoxy groups -OCH3 is 1. The SMILES string of the molecule is COc1cc(S(=O)(=O)O)c(C)cc1N=Nc1c(C(=O)O)[nH]n(-c2ccc3c(O)cc(S(=O)(=O)O)cc3c2)c1=O. The summed E-state index contributed by atoms with van der Waals surface area (Å²) in [7, 11) is -8.06. The van der Waals surface area contributed by atoms with Gasteiger partial charge in [0.15, 0.2) is 11.4 Å². The third kappa shape index (κ3) is 5.23. The van der Waals surface area contributed by atoms with E-state index in [9.17, 15) is 45.7 Å². The van der Waals surface area contributed by atoms with Gasteiger partial charge in [0.25, 0.3) is 25.8 Å². The number of fused-ring (bicyclic) bond motifs is 1. The number of aryl methyl sites for hydroxylation is 1. The van der Waals surface area contributed by atoms with E-state index >= 15 is 0 Å². The van der Waals surface area contributed by atoms with E-state index in [1.807, 2.05) is 0 Å². The van der Waals surface area contributed by atoms with Crippen molar-refractivity contribution in [2.24, 2.45) is 10.2 Å². The fourth-order valence-electron chi connectivity index (χ4n) is 3.73. The Labute approximate surface area is 219 Å². The van der Waals surface area contributed by atoms with Crippen LogP contribution in [0.5, 0.6) is 11.5 Å². The average Bonchev–Trinajstić information content (AvgIpc) is 3.17. The summed E-state index contributed by atoms with van der Waals surface area (Å²) in [6.07, 6.45) is 0. The molecule has 15 nitrogen and oxygen atoms in total. The van der Waals surface area contributed by atoms with E-state index in [0.29, 0.717) is 0 Å². The molecule has 1 heterocycles. The van der Waals surface area contributed by atoms with E-state index in [1.165, 1.54) is 38.3 Å². The van der Waals surface area contributed by atoms with E-state index in [4.69, 9.17) is 4.74 Å². The number of phenolic OH excluding ortho intramolecular Hbond substituents is 1. The number of rotatable bonds is 7. The van der Waals surface area contributed by atoms with Gasteiger partial charge >= 0.3 is 5.97 Å². The van der Waals surface area contributed by atoms with Gasteiger partial charge in [-0.05, 0) is 48.2 Å². The molecule has 17 heteroatoms. The van der Waals surface area contributed by atoms with E-state index in [-0.39, 0.29) is 33.5 Å². The Balaban J connectivity index is 1.86. The number of azo groups is 1. The highest BCUT2D eigenvalue weighted by atomic mass is 32.2. The normalized spacial score (nSPS) is 12.3. The Bertz CT molecular complexity index is 1980. The summed E-state index contributed by atoms with van der Waals surface area (Å²) in [5, 5.41) is 30.0. The van der Waals surface area contributed by atoms with Gasteiger partial charge in [0, 0.05) is 17.5 Å². The van der Waals surface area contributed by atoms with Gasteiger partial charge < -0.3 is 14.9 Å². The Kier molecular flexibility index (Phi) is 6.77. The number of hydrogen-bond acceptors (Lipinski definition) is 10. The molecule has 0 saturated heterocycles. The Hall–Kier alpha value is -4.58. The van der Waals surface area contributed by atoms with Gasteiger partial charge in [0.05, 0.1) is 17.7 Å². The lowest BCUT2D eigenvalue weighted by molar-refractivity contribution is 0.0690. The van der Waals surface area contributed by atoms with Crippen molar-refractivity contribution in [2.75, 3.05) is 7.11 Å². The Morgan fingerprint density at radius 1 is 1.00 bits per heavy atom. The highest BCUT2D eigenvalue weighted by molar-refractivity contribution is 7.86. The molecule has 0 bridgehead atoms. The predicted octanol–water partition coefficient (Wildman–Crippen LogP) is 2.95. The van der Waals surface area contributed by atoms with Crippen LogP contribution in [0, 0.1) is 6.92 Å². The Morgan fingerprint density at radius 2 is 1.69 bits per heavy atom. The van der Waals surface area contributed by atoms with Gasteiger partial charge in [-0.25, -0.2) is 9.48 Å². The summed E-state index contributed by atoms with van der Waals surface area (Å²) in [4.78, 5) is 23.9. The van der Waals surface area contributed by atoms with Crippen LogP contribution in [0.2, 0.25) is 0 Å². The van der Waals surface area contributed by atoms with E-state index < -0.39 is 58.7 Å². The first-order valence-corrected chi connectivity index (χ1v) is 13.4. The number of nitrogens with one attached hydrogen (secondary N) is 1. The summed E-state index contributed by atoms with van der Waals surface area (Å²) >= 11 is 0. The maximum atomic E-state index is 13.1. The number of hydrogen-bond donors (Lipinski definition) is 5. The minimum absolute atomic E-state index is 0.0225. The monoisotopic (exact) mass is 578 g/mol. The van der Waals surface area contributed by atoms with Crippen LogP contribution >= 0.6 is 0 Å². The quantitative estimate of drug-likeness (QED) is 0.158. The van der Waals surface area contributed by atoms with Gasteiger partial charge in [0.2, 0.25) is 0 Å². The third-order valence-corrected chi connectivity index (χ3v) is 7.36. The molecule has 1 aromatic heterocycles. The molecule has 0 radical (unpaired) electrons. The number of nitrogens with zero attached hydrogens (tertiary/aromatic N) is 3. The number of aromatic nitrogens is 2. The number of benzene rings is 3. The largest absolute Gasteiger partial charge is 0.507 e. The van der Waals surface area contributed by atoms with Crippen molar-refractivity contribution in [3.05, 3.63) is 64.1 Å². The number of ether oxygens (including phenoxy) is 1. The van der Waals surface area contributed by atoms with E-state index in [0.717, 1.165) is 22.9 Å². The summed E-state index contributed by atoms with van der Waals surface area (Å²) in [5.74, 6) is -2.18. The van der Waals surface area contributed by atoms with Gasteiger partial charge in [-0.3, -0.25) is 19.0 Å². The van der Waals surface area contributed by atoms with Crippen LogP contribution in [0.3, 0.4) is 0 Å². The van der Waals surface area contributed by atoms with Gasteiger partial charge in [0.1, 0.15) is 22.1 Å². The van der Waals surface area contributed by atoms with Crippen molar-refractivity contribution in [3.8, 4) is 17.2 Å². The van der Waals surface area contributed by atoms with Crippen LogP contribution in [-0.4, -0.2) is 59.0 Å². The van der Waals surface area contributed by atoms with Crippen molar-refractivity contribution in [1.29, 1.82) is 0 Å². The molecule has 39 heavy (non-hydrogen) atoms. The standard InChI is InChI=1S/C22H18N4O11S2/c1-10-5-15(17(37-2)9-18(10)39(34,35)36)23-24-19-20(22(29)30)25-26(21(19)28)12-3-4-14-11(6-12)7-13(8-16(14)27)38(31,32)33/h3-9,25,27H,1-2H3,(H,29,30)(H,31,32,33)(H,34,35,36). The predicted molar refractivity (Wildman–Crippen MR) is 134 cm³/mol. The number of phenols is 1. The number of H-pyrrole nitrogens is 1. The molecule has 5 N–H and O–H groups in total. The van der Waals surface area contributed by atoms with E-state index in [1.54, 1.807) is 0 Å². The number of carboxylic acids is 1. The second-order valence-corrected chi connectivity index (χ2v) is 10.9. The van der Waals surface area contributed by atoms with Crippen LogP contribution in [0.1, 0.15) is 16.1 Å². The van der Waals surface area contributed by atoms with Gasteiger partial charge in [-0.15, -0.1) is 10.2 Å². The smallest absolute Gasteiger partial charge is 0.356 e. The lowest BCUT2D eigenvalue weighted by atomic mass is 10.1. The molecule has 0 atom stereocenters. The topological polar surface area (TPSA) is 238 Å². The maximum absolute atomic E-state index is 13.1. The molecule has 204 valence electrons. The number of aromatic amines is 1. The van der Waals surface area contributed by atoms with Crippen molar-refractivity contribution < 1.29 is 45.7 Å². The molecule has 3 aromatic carbocycles. The minimum Gasteiger partial charge on any atom is -0.507 e. The molecule has 0 saturated carbocycles. The first-order valence-electron chi connectivity index (χ1n) is 10.5. The average molecular weight is 579 g/mol. The summed E-state index contributed by atoms with van der Waals surface area (Å²) in [6, 6.07) is 8.00. The molecule has 0 amide bonds. The van der Waals surface area contributed by atoms with Crippen LogP contribution in [0.15, 0.2) is 67.3 Å². The minimum atomic E-state index is -4.67. The van der Waals surface area contributed by atoms with Crippen LogP contribution < -0.4 is 10.3 Å². The van der Waals surface area contributed by atoms with E-state index in [2.05, 4.69) is 15.3 Å². The molecular formula is C22H18N4O11S2. The number of aromatic carboxylic acids is 1. The van der Waals surface area contributed by atoms with Crippen molar-refractivity contribution in [2.45, 2.75) is 16.7 Å². The van der Waals surface area contributed by atoms with Crippen LogP contribution in [0.4, 0.5) is 11.4 Å². The van der Waals surface area contributed by atoms with Crippen molar-refractivity contribution in [1.82, 2.24) is 9.78 Å². The zero-order valence-electron chi connectivity index (χ0n) is 19.8. The second kappa shape index (κ2) is 9.62. The molecular weight excluding hydrogens is 560 g/mol. The summed E-state index contributed by atoms with van der Waals surface area (Å²) in [5.41, 5.74) is -2.27. The Morgan fingerprint density at radius 3 is 2.28 bits per heavy atom. The van der Waals surface area contributed by atoms with Crippen LogP contribution in [-0.2, 0) is 20.2 Å². The van der Waals surface area contributed by atoms with Crippen LogP contribution in [0.25, 0.3) is 16.5 Å². The molecule has 0 aliphatic heterocycles. The van der Waals surface area contributed by atoms with Gasteiger partial charge in [-0.2, -0.15) is 16.8 Å². The van der Waals surface area contributed by atoms with Gasteiger partial charge in [-0.1, -0.05) is 0 Å². The zero-order chi connectivity index (χ0) is 28.9. The van der Waals surface area contributed by atoms with Crippen molar-refractivity contribution in [3.63, 3.8) is 0 Å². The summed E-state index contributed by atoms with van der Waals surface area (Å²) < 4.78 is 70.7. The molecule has 0 aliphatic carbocycles. The first kappa shape index (κ1) is 27.5. The summed E-state index contributed by atoms with van der Waals surface area (Å²) in [6.45, 7) is 1.36. The first-order chi connectivity index (χ1) is 18.1. The lowest BCUT2D eigenvalue weighted by Crippen LogP contribution is -2.14. The second-order valence-electron chi connectivity index (χ2n) is 8.07. The molecule has 0 spiro atoms. The molecule has 4 rings (SSSR count).